The molecule has 0 fully saturated rings. The minimum absolute atomic E-state index is 0.0103. The Hall–Kier alpha value is -2.16. The predicted molar refractivity (Wildman–Crippen MR) is 72.5 cm³/mol. The molecule has 0 saturated heterocycles. The normalized spacial score (nSPS) is 11.1. The smallest absolute Gasteiger partial charge is 0.189 e. The number of aryl methyl sites for hydroxylation is 3. The Morgan fingerprint density at radius 3 is 2.61 bits per heavy atom. The third kappa shape index (κ3) is 2.56. The summed E-state index contributed by atoms with van der Waals surface area (Å²) in [6, 6.07) is 7.97. The van der Waals surface area contributed by atoms with Gasteiger partial charge < -0.3 is 0 Å². The van der Waals surface area contributed by atoms with E-state index in [9.17, 15) is 4.79 Å². The number of carbonyl (C=O) groups is 1. The highest BCUT2D eigenvalue weighted by atomic mass is 16.1. The summed E-state index contributed by atoms with van der Waals surface area (Å²) in [4.78, 5) is 12.0. The molecular formula is C15H16N2O. The molecule has 0 aliphatic carbocycles. The molecule has 0 N–H and O–H groups in total. The molecule has 2 aromatic rings. The van der Waals surface area contributed by atoms with E-state index >= 15 is 0 Å². The standard InChI is InChI=1S/C15H16N2O/c1-11-6-4-5-7-13(11)8-9-15(18)14-10-17(3)16-12(14)2/h4-10H,1-3H3/b9-8-. The molecule has 0 aliphatic heterocycles. The molecule has 0 spiro atoms. The van der Waals surface area contributed by atoms with Gasteiger partial charge in [0, 0.05) is 13.2 Å². The van der Waals surface area contributed by atoms with Gasteiger partial charge in [0.05, 0.1) is 11.3 Å². The molecular weight excluding hydrogens is 224 g/mol. The van der Waals surface area contributed by atoms with Crippen LogP contribution in [0.15, 0.2) is 36.5 Å². The zero-order valence-electron chi connectivity index (χ0n) is 10.8. The van der Waals surface area contributed by atoms with E-state index in [0.717, 1.165) is 16.8 Å². The van der Waals surface area contributed by atoms with Gasteiger partial charge in [0.25, 0.3) is 0 Å². The molecule has 0 aliphatic rings. The van der Waals surface area contributed by atoms with E-state index in [1.807, 2.05) is 51.2 Å². The largest absolute Gasteiger partial charge is 0.289 e. The van der Waals surface area contributed by atoms with E-state index in [2.05, 4.69) is 5.10 Å². The summed E-state index contributed by atoms with van der Waals surface area (Å²) < 4.78 is 1.66. The zero-order valence-corrected chi connectivity index (χ0v) is 10.8. The highest BCUT2D eigenvalue weighted by Crippen LogP contribution is 2.11. The highest BCUT2D eigenvalue weighted by molar-refractivity contribution is 6.07. The summed E-state index contributed by atoms with van der Waals surface area (Å²) in [5.41, 5.74) is 3.64. The van der Waals surface area contributed by atoms with Gasteiger partial charge in [-0.1, -0.05) is 30.3 Å². The molecule has 1 heterocycles. The second kappa shape index (κ2) is 5.00. The number of rotatable bonds is 3. The van der Waals surface area contributed by atoms with Crippen LogP contribution in [0.1, 0.15) is 27.2 Å². The molecule has 3 nitrogen and oxygen atoms in total. The first-order valence-electron chi connectivity index (χ1n) is 5.86. The van der Waals surface area contributed by atoms with Gasteiger partial charge in [-0.3, -0.25) is 9.48 Å². The highest BCUT2D eigenvalue weighted by Gasteiger charge is 2.09. The maximum absolute atomic E-state index is 12.0. The quantitative estimate of drug-likeness (QED) is 0.610. The number of carbonyl (C=O) groups excluding carboxylic acids is 1. The van der Waals surface area contributed by atoms with Crippen molar-refractivity contribution in [3.63, 3.8) is 0 Å². The molecule has 92 valence electrons. The molecule has 18 heavy (non-hydrogen) atoms. The van der Waals surface area contributed by atoms with Crippen LogP contribution in [-0.4, -0.2) is 15.6 Å². The van der Waals surface area contributed by atoms with Crippen molar-refractivity contribution in [2.45, 2.75) is 13.8 Å². The Labute approximate surface area is 107 Å². The van der Waals surface area contributed by atoms with Gasteiger partial charge in [-0.05, 0) is 31.1 Å². The molecule has 0 bridgehead atoms. The molecule has 0 amide bonds. The van der Waals surface area contributed by atoms with Crippen LogP contribution in [0, 0.1) is 13.8 Å². The Kier molecular flexibility index (Phi) is 3.42. The van der Waals surface area contributed by atoms with Crippen molar-refractivity contribution in [3.05, 3.63) is 58.9 Å². The van der Waals surface area contributed by atoms with Crippen LogP contribution in [0.2, 0.25) is 0 Å². The maximum atomic E-state index is 12.0. The second-order valence-electron chi connectivity index (χ2n) is 4.36. The van der Waals surface area contributed by atoms with Crippen molar-refractivity contribution in [1.29, 1.82) is 0 Å². The Morgan fingerprint density at radius 2 is 2.00 bits per heavy atom. The summed E-state index contributed by atoms with van der Waals surface area (Å²) in [5.74, 6) is -0.0103. The summed E-state index contributed by atoms with van der Waals surface area (Å²) in [6.45, 7) is 3.87. The molecule has 1 aromatic carbocycles. The second-order valence-corrected chi connectivity index (χ2v) is 4.36. The van der Waals surface area contributed by atoms with Gasteiger partial charge in [-0.15, -0.1) is 0 Å². The molecule has 0 saturated carbocycles. The van der Waals surface area contributed by atoms with Gasteiger partial charge in [-0.25, -0.2) is 0 Å². The van der Waals surface area contributed by atoms with Crippen molar-refractivity contribution in [1.82, 2.24) is 9.78 Å². The summed E-state index contributed by atoms with van der Waals surface area (Å²) >= 11 is 0. The summed E-state index contributed by atoms with van der Waals surface area (Å²) in [6.07, 6.45) is 5.20. The number of benzene rings is 1. The first-order chi connectivity index (χ1) is 8.58. The lowest BCUT2D eigenvalue weighted by atomic mass is 10.1. The van der Waals surface area contributed by atoms with Crippen molar-refractivity contribution in [2.75, 3.05) is 0 Å². The fourth-order valence-corrected chi connectivity index (χ4v) is 1.87. The van der Waals surface area contributed by atoms with Crippen molar-refractivity contribution in [3.8, 4) is 0 Å². The Morgan fingerprint density at radius 1 is 1.28 bits per heavy atom. The van der Waals surface area contributed by atoms with E-state index in [1.165, 1.54) is 0 Å². The van der Waals surface area contributed by atoms with Crippen LogP contribution in [-0.2, 0) is 7.05 Å². The topological polar surface area (TPSA) is 34.9 Å². The fourth-order valence-electron chi connectivity index (χ4n) is 1.87. The molecule has 1 aromatic heterocycles. The van der Waals surface area contributed by atoms with Crippen LogP contribution in [0.4, 0.5) is 0 Å². The van der Waals surface area contributed by atoms with E-state index in [4.69, 9.17) is 0 Å². The summed E-state index contributed by atoms with van der Waals surface area (Å²) in [5, 5.41) is 4.17. The van der Waals surface area contributed by atoms with E-state index in [0.29, 0.717) is 5.56 Å². The zero-order chi connectivity index (χ0) is 13.1. The van der Waals surface area contributed by atoms with Gasteiger partial charge >= 0.3 is 0 Å². The van der Waals surface area contributed by atoms with Crippen molar-refractivity contribution in [2.24, 2.45) is 7.05 Å². The van der Waals surface area contributed by atoms with Crippen LogP contribution in [0.3, 0.4) is 0 Å². The monoisotopic (exact) mass is 240 g/mol. The fraction of sp³-hybridized carbons (Fsp3) is 0.200. The van der Waals surface area contributed by atoms with Crippen LogP contribution < -0.4 is 0 Å². The molecule has 3 heteroatoms. The third-order valence-electron chi connectivity index (χ3n) is 2.88. The van der Waals surface area contributed by atoms with E-state index in [1.54, 1.807) is 17.0 Å². The van der Waals surface area contributed by atoms with Gasteiger partial charge in [0.15, 0.2) is 5.78 Å². The minimum atomic E-state index is -0.0103. The SMILES string of the molecule is Cc1ccccc1/C=C\C(=O)c1cn(C)nc1C. The first kappa shape index (κ1) is 12.3. The third-order valence-corrected chi connectivity index (χ3v) is 2.88. The van der Waals surface area contributed by atoms with Gasteiger partial charge in [0.1, 0.15) is 0 Å². The van der Waals surface area contributed by atoms with Gasteiger partial charge in [0.2, 0.25) is 0 Å². The summed E-state index contributed by atoms with van der Waals surface area (Å²) in [7, 11) is 1.81. The number of hydrogen-bond donors (Lipinski definition) is 0. The van der Waals surface area contributed by atoms with Crippen molar-refractivity contribution >= 4 is 11.9 Å². The number of hydrogen-bond acceptors (Lipinski definition) is 2. The predicted octanol–water partition coefficient (Wildman–Crippen LogP) is 2.93. The van der Waals surface area contributed by atoms with Crippen LogP contribution >= 0.6 is 0 Å². The maximum Gasteiger partial charge on any atom is 0.189 e. The minimum Gasteiger partial charge on any atom is -0.289 e. The lowest BCUT2D eigenvalue weighted by Gasteiger charge is -1.98. The number of nitrogens with zero attached hydrogens (tertiary/aromatic N) is 2. The lowest BCUT2D eigenvalue weighted by molar-refractivity contribution is 0.104. The number of allylic oxidation sites excluding steroid dienone is 1. The Bertz CT molecular complexity index is 609. The van der Waals surface area contributed by atoms with Crippen molar-refractivity contribution < 1.29 is 4.79 Å². The number of ketones is 1. The van der Waals surface area contributed by atoms with Gasteiger partial charge in [-0.2, -0.15) is 5.10 Å². The molecule has 2 rings (SSSR count). The lowest BCUT2D eigenvalue weighted by Crippen LogP contribution is -1.94. The number of aromatic nitrogens is 2. The molecule has 0 radical (unpaired) electrons. The molecule has 0 unspecified atom stereocenters. The van der Waals surface area contributed by atoms with Crippen LogP contribution in [0.25, 0.3) is 6.08 Å². The first-order valence-corrected chi connectivity index (χ1v) is 5.86. The van der Waals surface area contributed by atoms with E-state index < -0.39 is 0 Å². The molecule has 0 atom stereocenters. The van der Waals surface area contributed by atoms with E-state index in [-0.39, 0.29) is 5.78 Å². The van der Waals surface area contributed by atoms with Crippen LogP contribution in [0.5, 0.6) is 0 Å². The Balaban J connectivity index is 2.22. The average Bonchev–Trinajstić information content (AvgIpc) is 2.67. The average molecular weight is 240 g/mol.